The van der Waals surface area contributed by atoms with Gasteiger partial charge in [-0.25, -0.2) is 9.97 Å². The van der Waals surface area contributed by atoms with Crippen molar-refractivity contribution in [3.05, 3.63) is 53.9 Å². The van der Waals surface area contributed by atoms with Crippen LogP contribution in [0.4, 0.5) is 5.95 Å². The van der Waals surface area contributed by atoms with E-state index in [1.54, 1.807) is 0 Å². The fraction of sp³-hybridized carbons (Fsp3) is 0.476. The Morgan fingerprint density at radius 2 is 1.74 bits per heavy atom. The fourth-order valence-corrected chi connectivity index (χ4v) is 4.26. The summed E-state index contributed by atoms with van der Waals surface area (Å²) in [7, 11) is 0. The van der Waals surface area contributed by atoms with Gasteiger partial charge in [-0.3, -0.25) is 9.69 Å². The van der Waals surface area contributed by atoms with Crippen LogP contribution in [0.5, 0.6) is 0 Å². The number of aromatic nitrogens is 2. The summed E-state index contributed by atoms with van der Waals surface area (Å²) in [6, 6.07) is 9.60. The zero-order chi connectivity index (χ0) is 18.7. The molecule has 0 amide bonds. The third-order valence-corrected chi connectivity index (χ3v) is 5.82. The van der Waals surface area contributed by atoms with E-state index in [0.29, 0.717) is 19.5 Å². The zero-order valence-corrected chi connectivity index (χ0v) is 15.5. The summed E-state index contributed by atoms with van der Waals surface area (Å²) >= 11 is 0. The Kier molecular flexibility index (Phi) is 5.07. The average molecular weight is 366 g/mol. The van der Waals surface area contributed by atoms with Crippen LogP contribution in [-0.4, -0.2) is 52.1 Å². The minimum absolute atomic E-state index is 0.514. The molecule has 2 aliphatic heterocycles. The summed E-state index contributed by atoms with van der Waals surface area (Å²) in [5.74, 6) is 0.0666. The molecule has 6 nitrogen and oxygen atoms in total. The number of likely N-dealkylation sites (tertiary alicyclic amines) is 1. The van der Waals surface area contributed by atoms with Gasteiger partial charge in [0.25, 0.3) is 0 Å². The van der Waals surface area contributed by atoms with Crippen LogP contribution in [-0.2, 0) is 16.8 Å². The molecule has 4 rings (SSSR count). The van der Waals surface area contributed by atoms with Crippen molar-refractivity contribution in [2.75, 3.05) is 31.1 Å². The molecular weight excluding hydrogens is 340 g/mol. The maximum absolute atomic E-state index is 12.1. The molecule has 0 saturated carbocycles. The van der Waals surface area contributed by atoms with Crippen molar-refractivity contribution >= 4 is 11.9 Å². The molecule has 142 valence electrons. The van der Waals surface area contributed by atoms with E-state index >= 15 is 0 Å². The molecule has 0 aliphatic carbocycles. The first kappa shape index (κ1) is 17.9. The maximum atomic E-state index is 12.1. The van der Waals surface area contributed by atoms with Gasteiger partial charge in [0, 0.05) is 50.7 Å². The number of carboxylic acids is 1. The van der Waals surface area contributed by atoms with Crippen LogP contribution < -0.4 is 4.90 Å². The van der Waals surface area contributed by atoms with Crippen molar-refractivity contribution in [3.8, 4) is 0 Å². The van der Waals surface area contributed by atoms with Gasteiger partial charge in [-0.05, 0) is 31.2 Å². The van der Waals surface area contributed by atoms with Gasteiger partial charge in [-0.1, -0.05) is 30.3 Å². The Hall–Kier alpha value is -2.47. The van der Waals surface area contributed by atoms with E-state index in [1.807, 2.05) is 42.7 Å². The van der Waals surface area contributed by atoms with Crippen molar-refractivity contribution in [2.24, 2.45) is 0 Å². The smallest absolute Gasteiger partial charge is 0.315 e. The Morgan fingerprint density at radius 3 is 2.41 bits per heavy atom. The summed E-state index contributed by atoms with van der Waals surface area (Å²) in [6.07, 6.45) is 8.10. The molecule has 1 N–H and O–H groups in total. The highest BCUT2D eigenvalue weighted by Gasteiger charge is 2.46. The topological polar surface area (TPSA) is 69.6 Å². The average Bonchev–Trinajstić information content (AvgIpc) is 3.15. The van der Waals surface area contributed by atoms with Crippen LogP contribution in [0, 0.1) is 0 Å². The first-order chi connectivity index (χ1) is 13.2. The van der Waals surface area contributed by atoms with E-state index < -0.39 is 11.4 Å². The van der Waals surface area contributed by atoms with Crippen LogP contribution in [0.2, 0.25) is 0 Å². The van der Waals surface area contributed by atoms with Crippen LogP contribution in [0.3, 0.4) is 0 Å². The van der Waals surface area contributed by atoms with Crippen LogP contribution in [0.25, 0.3) is 0 Å². The van der Waals surface area contributed by atoms with Gasteiger partial charge in [0.05, 0.1) is 0 Å². The Balaban J connectivity index is 1.44. The molecule has 3 heterocycles. The highest BCUT2D eigenvalue weighted by molar-refractivity contribution is 5.82. The third-order valence-electron chi connectivity index (χ3n) is 5.82. The first-order valence-electron chi connectivity index (χ1n) is 9.74. The lowest BCUT2D eigenvalue weighted by Gasteiger charge is -2.27. The molecule has 0 unspecified atom stereocenters. The predicted octanol–water partition coefficient (Wildman–Crippen LogP) is 2.70. The number of hydrogen-bond donors (Lipinski definition) is 1. The monoisotopic (exact) mass is 366 g/mol. The van der Waals surface area contributed by atoms with Gasteiger partial charge < -0.3 is 10.0 Å². The number of piperidine rings is 1. The number of benzene rings is 1. The predicted molar refractivity (Wildman–Crippen MR) is 104 cm³/mol. The van der Waals surface area contributed by atoms with Crippen LogP contribution in [0.15, 0.2) is 42.7 Å². The van der Waals surface area contributed by atoms with E-state index in [0.717, 1.165) is 36.7 Å². The van der Waals surface area contributed by atoms with E-state index in [4.69, 9.17) is 0 Å². The van der Waals surface area contributed by atoms with Crippen molar-refractivity contribution in [1.82, 2.24) is 14.9 Å². The summed E-state index contributed by atoms with van der Waals surface area (Å²) in [6.45, 7) is 4.02. The summed E-state index contributed by atoms with van der Waals surface area (Å²) in [5.41, 5.74) is 1.09. The minimum Gasteiger partial charge on any atom is -0.481 e. The van der Waals surface area contributed by atoms with Crippen molar-refractivity contribution < 1.29 is 9.90 Å². The van der Waals surface area contributed by atoms with E-state index in [9.17, 15) is 9.90 Å². The second-order valence-electron chi connectivity index (χ2n) is 7.65. The molecule has 1 atom stereocenters. The van der Waals surface area contributed by atoms with Gasteiger partial charge in [0.15, 0.2) is 0 Å². The normalized spacial score (nSPS) is 23.5. The van der Waals surface area contributed by atoms with Crippen LogP contribution in [0.1, 0.15) is 36.8 Å². The highest BCUT2D eigenvalue weighted by Crippen LogP contribution is 2.35. The lowest BCUT2D eigenvalue weighted by atomic mass is 9.80. The number of carboxylic acid groups (broad SMARTS) is 1. The number of anilines is 1. The summed E-state index contributed by atoms with van der Waals surface area (Å²) < 4.78 is 0. The zero-order valence-electron chi connectivity index (χ0n) is 15.5. The Labute approximate surface area is 159 Å². The maximum Gasteiger partial charge on any atom is 0.315 e. The third kappa shape index (κ3) is 3.67. The Bertz CT molecular complexity index is 775. The summed E-state index contributed by atoms with van der Waals surface area (Å²) in [5, 5.41) is 9.92. The van der Waals surface area contributed by atoms with E-state index in [1.165, 1.54) is 19.3 Å². The van der Waals surface area contributed by atoms with Gasteiger partial charge in [0.2, 0.25) is 5.95 Å². The fourth-order valence-electron chi connectivity index (χ4n) is 4.26. The standard InChI is InChI=1S/C21H26N4O2/c26-19(27)21(18-7-3-1-4-8-18)9-12-24(16-21)15-17-13-22-20(23-14-17)25-10-5-2-6-11-25/h1,3-4,7-8,13-14H,2,5-6,9-12,15-16H2,(H,26,27)/t21-/m1/s1. The molecule has 2 fully saturated rings. The van der Waals surface area contributed by atoms with Gasteiger partial charge in [0.1, 0.15) is 5.41 Å². The van der Waals surface area contributed by atoms with Crippen LogP contribution >= 0.6 is 0 Å². The quantitative estimate of drug-likeness (QED) is 0.877. The molecule has 1 aromatic carbocycles. The second-order valence-corrected chi connectivity index (χ2v) is 7.65. The molecule has 2 saturated heterocycles. The molecule has 2 aliphatic rings. The number of carbonyl (C=O) groups is 1. The number of hydrogen-bond acceptors (Lipinski definition) is 5. The number of rotatable bonds is 5. The van der Waals surface area contributed by atoms with Crippen molar-refractivity contribution in [2.45, 2.75) is 37.6 Å². The largest absolute Gasteiger partial charge is 0.481 e. The molecule has 6 heteroatoms. The Morgan fingerprint density at radius 1 is 1.04 bits per heavy atom. The second kappa shape index (κ2) is 7.64. The molecule has 1 aromatic heterocycles. The number of aliphatic carboxylic acids is 1. The van der Waals surface area contributed by atoms with E-state index in [-0.39, 0.29) is 0 Å². The number of nitrogens with zero attached hydrogens (tertiary/aromatic N) is 4. The molecule has 27 heavy (non-hydrogen) atoms. The van der Waals surface area contributed by atoms with Gasteiger partial charge in [-0.15, -0.1) is 0 Å². The molecule has 0 bridgehead atoms. The summed E-state index contributed by atoms with van der Waals surface area (Å²) in [4.78, 5) is 25.6. The molecular formula is C21H26N4O2. The van der Waals surface area contributed by atoms with Crippen molar-refractivity contribution in [3.63, 3.8) is 0 Å². The first-order valence-corrected chi connectivity index (χ1v) is 9.74. The van der Waals surface area contributed by atoms with Gasteiger partial charge >= 0.3 is 5.97 Å². The molecule has 2 aromatic rings. The highest BCUT2D eigenvalue weighted by atomic mass is 16.4. The molecule has 0 radical (unpaired) electrons. The minimum atomic E-state index is -0.824. The molecule has 0 spiro atoms. The van der Waals surface area contributed by atoms with Crippen molar-refractivity contribution in [1.29, 1.82) is 0 Å². The lowest BCUT2D eigenvalue weighted by molar-refractivity contribution is -0.143. The van der Waals surface area contributed by atoms with Gasteiger partial charge in [-0.2, -0.15) is 0 Å². The SMILES string of the molecule is O=C(O)[C@]1(c2ccccc2)CCN(Cc2cnc(N3CCCCC3)nc2)C1. The van der Waals surface area contributed by atoms with E-state index in [2.05, 4.69) is 19.8 Å². The lowest BCUT2D eigenvalue weighted by Crippen LogP contribution is -2.38.